The zero-order valence-corrected chi connectivity index (χ0v) is 11.6. The molecule has 1 aliphatic rings. The van der Waals surface area contributed by atoms with Crippen molar-refractivity contribution in [3.63, 3.8) is 0 Å². The highest BCUT2D eigenvalue weighted by Crippen LogP contribution is 2.32. The Hall–Kier alpha value is -1.10. The lowest BCUT2D eigenvalue weighted by Crippen LogP contribution is -2.37. The predicted octanol–water partition coefficient (Wildman–Crippen LogP) is 1.90. The second kappa shape index (κ2) is 6.18. The third kappa shape index (κ3) is 5.49. The number of methoxy groups -OCH3 is 1. The first kappa shape index (κ1) is 15.0. The number of carbonyl (C=O) groups is 2. The average Bonchev–Trinajstić information content (AvgIpc) is 2.17. The first-order valence-corrected chi connectivity index (χ1v) is 6.31. The van der Waals surface area contributed by atoms with Crippen LogP contribution >= 0.6 is 0 Å². The van der Waals surface area contributed by atoms with E-state index in [0.717, 1.165) is 12.8 Å². The molecule has 0 atom stereocenters. The van der Waals surface area contributed by atoms with E-state index < -0.39 is 11.7 Å². The molecule has 1 rings (SSSR count). The van der Waals surface area contributed by atoms with E-state index >= 15 is 0 Å². The first-order valence-electron chi connectivity index (χ1n) is 6.31. The number of Topliss-reactive ketones (excluding diaryl/α,β-unsaturated/α-hetero) is 1. The molecule has 0 aromatic rings. The summed E-state index contributed by atoms with van der Waals surface area (Å²) in [6.07, 6.45) is 2.15. The van der Waals surface area contributed by atoms with Crippen LogP contribution in [0, 0.1) is 5.92 Å². The minimum Gasteiger partial charge on any atom is -0.444 e. The molecule has 0 spiro atoms. The van der Waals surface area contributed by atoms with Crippen LogP contribution in [0.4, 0.5) is 4.79 Å². The molecule has 1 fully saturated rings. The minimum atomic E-state index is -0.542. The van der Waals surface area contributed by atoms with Gasteiger partial charge in [0.05, 0.1) is 12.6 Å². The molecule has 0 unspecified atom stereocenters. The summed E-state index contributed by atoms with van der Waals surface area (Å²) in [5.74, 6) is 0.447. The van der Waals surface area contributed by atoms with Crippen LogP contribution < -0.4 is 5.32 Å². The van der Waals surface area contributed by atoms with Crippen LogP contribution in [0.15, 0.2) is 0 Å². The summed E-state index contributed by atoms with van der Waals surface area (Å²) in [7, 11) is 1.69. The van der Waals surface area contributed by atoms with Crippen molar-refractivity contribution in [1.82, 2.24) is 5.32 Å². The van der Waals surface area contributed by atoms with Gasteiger partial charge in [0.25, 0.3) is 0 Å². The molecule has 0 heterocycles. The Morgan fingerprint density at radius 3 is 2.39 bits per heavy atom. The Morgan fingerprint density at radius 1 is 1.28 bits per heavy atom. The van der Waals surface area contributed by atoms with E-state index in [1.54, 1.807) is 27.9 Å². The van der Waals surface area contributed by atoms with Gasteiger partial charge in [0.1, 0.15) is 5.60 Å². The van der Waals surface area contributed by atoms with Crippen molar-refractivity contribution in [2.75, 3.05) is 13.7 Å². The zero-order chi connectivity index (χ0) is 13.8. The SMILES string of the molecule is COC1CC(CC(=O)CNC(=O)OC(C)(C)C)C1. The summed E-state index contributed by atoms with van der Waals surface area (Å²) in [5, 5.41) is 2.48. The average molecular weight is 257 g/mol. The molecule has 0 aliphatic heterocycles. The molecular formula is C13H23NO4. The molecule has 0 bridgehead atoms. The molecule has 1 saturated carbocycles. The highest BCUT2D eigenvalue weighted by Gasteiger charge is 2.30. The lowest BCUT2D eigenvalue weighted by atomic mass is 9.79. The van der Waals surface area contributed by atoms with E-state index in [4.69, 9.17) is 9.47 Å². The minimum absolute atomic E-state index is 0.0420. The molecule has 0 saturated heterocycles. The van der Waals surface area contributed by atoms with Crippen LogP contribution in [0.5, 0.6) is 0 Å². The monoisotopic (exact) mass is 257 g/mol. The Bertz CT molecular complexity index is 303. The van der Waals surface area contributed by atoms with Crippen LogP contribution in [-0.2, 0) is 14.3 Å². The number of nitrogens with one attached hydrogen (secondary N) is 1. The van der Waals surface area contributed by atoms with Crippen LogP contribution in [0.3, 0.4) is 0 Å². The molecule has 5 heteroatoms. The fourth-order valence-corrected chi connectivity index (χ4v) is 1.91. The highest BCUT2D eigenvalue weighted by atomic mass is 16.6. The number of ketones is 1. The summed E-state index contributed by atoms with van der Waals surface area (Å²) in [6.45, 7) is 5.40. The van der Waals surface area contributed by atoms with E-state index in [2.05, 4.69) is 5.32 Å². The quantitative estimate of drug-likeness (QED) is 0.817. The predicted molar refractivity (Wildman–Crippen MR) is 67.4 cm³/mol. The second-order valence-corrected chi connectivity index (χ2v) is 5.79. The van der Waals surface area contributed by atoms with Gasteiger partial charge in [0.2, 0.25) is 0 Å². The number of amides is 1. The standard InChI is InChI=1S/C13H23NO4/c1-13(2,3)18-12(16)14-8-10(15)5-9-6-11(7-9)17-4/h9,11H,5-8H2,1-4H3,(H,14,16). The Kier molecular flexibility index (Phi) is 5.14. The van der Waals surface area contributed by atoms with E-state index in [0.29, 0.717) is 18.4 Å². The molecule has 5 nitrogen and oxygen atoms in total. The van der Waals surface area contributed by atoms with Crippen LogP contribution in [0.2, 0.25) is 0 Å². The molecule has 0 aromatic carbocycles. The van der Waals surface area contributed by atoms with Crippen molar-refractivity contribution in [1.29, 1.82) is 0 Å². The van der Waals surface area contributed by atoms with Crippen LogP contribution in [-0.4, -0.2) is 37.2 Å². The van der Waals surface area contributed by atoms with Crippen molar-refractivity contribution < 1.29 is 19.1 Å². The first-order chi connectivity index (χ1) is 8.30. The summed E-state index contributed by atoms with van der Waals surface area (Å²) >= 11 is 0. The van der Waals surface area contributed by atoms with Crippen molar-refractivity contribution in [2.45, 2.75) is 51.7 Å². The largest absolute Gasteiger partial charge is 0.444 e. The smallest absolute Gasteiger partial charge is 0.408 e. The molecule has 1 aliphatic carbocycles. The summed E-state index contributed by atoms with van der Waals surface area (Å²) < 4.78 is 10.2. The van der Waals surface area contributed by atoms with Crippen molar-refractivity contribution in [3.05, 3.63) is 0 Å². The third-order valence-corrected chi connectivity index (χ3v) is 2.87. The van der Waals surface area contributed by atoms with E-state index in [1.807, 2.05) is 0 Å². The maximum atomic E-state index is 11.6. The normalized spacial score (nSPS) is 23.1. The molecule has 1 amide bonds. The lowest BCUT2D eigenvalue weighted by molar-refractivity contribution is -0.121. The van der Waals surface area contributed by atoms with Gasteiger partial charge in [-0.3, -0.25) is 4.79 Å². The van der Waals surface area contributed by atoms with Gasteiger partial charge in [-0.15, -0.1) is 0 Å². The van der Waals surface area contributed by atoms with Crippen LogP contribution in [0.25, 0.3) is 0 Å². The number of carbonyl (C=O) groups excluding carboxylic acids is 2. The summed E-state index contributed by atoms with van der Waals surface area (Å²) in [4.78, 5) is 22.9. The van der Waals surface area contributed by atoms with E-state index in [-0.39, 0.29) is 12.3 Å². The Morgan fingerprint density at radius 2 is 1.89 bits per heavy atom. The fourth-order valence-electron chi connectivity index (χ4n) is 1.91. The van der Waals surface area contributed by atoms with Gasteiger partial charge in [-0.05, 0) is 39.5 Å². The molecule has 1 N–H and O–H groups in total. The molecular weight excluding hydrogens is 234 g/mol. The lowest BCUT2D eigenvalue weighted by Gasteiger charge is -2.33. The number of hydrogen-bond donors (Lipinski definition) is 1. The number of ether oxygens (including phenoxy) is 2. The van der Waals surface area contributed by atoms with Gasteiger partial charge in [0, 0.05) is 13.5 Å². The Balaban J connectivity index is 2.12. The van der Waals surface area contributed by atoms with E-state index in [1.165, 1.54) is 0 Å². The third-order valence-electron chi connectivity index (χ3n) is 2.87. The van der Waals surface area contributed by atoms with E-state index in [9.17, 15) is 9.59 Å². The maximum absolute atomic E-state index is 11.6. The van der Waals surface area contributed by atoms with Crippen LogP contribution in [0.1, 0.15) is 40.0 Å². The van der Waals surface area contributed by atoms with Crippen molar-refractivity contribution in [3.8, 4) is 0 Å². The number of hydrogen-bond acceptors (Lipinski definition) is 4. The van der Waals surface area contributed by atoms with Gasteiger partial charge in [-0.25, -0.2) is 4.79 Å². The van der Waals surface area contributed by atoms with Gasteiger partial charge in [-0.2, -0.15) is 0 Å². The number of alkyl carbamates (subject to hydrolysis) is 1. The molecule has 0 radical (unpaired) electrons. The molecule has 18 heavy (non-hydrogen) atoms. The van der Waals surface area contributed by atoms with Gasteiger partial charge in [0.15, 0.2) is 5.78 Å². The summed E-state index contributed by atoms with van der Waals surface area (Å²) in [6, 6.07) is 0. The molecule has 0 aromatic heterocycles. The Labute approximate surface area is 108 Å². The maximum Gasteiger partial charge on any atom is 0.408 e. The van der Waals surface area contributed by atoms with Gasteiger partial charge in [-0.1, -0.05) is 0 Å². The van der Waals surface area contributed by atoms with Gasteiger partial charge >= 0.3 is 6.09 Å². The number of rotatable bonds is 5. The summed E-state index contributed by atoms with van der Waals surface area (Å²) in [5.41, 5.74) is -0.535. The van der Waals surface area contributed by atoms with Crippen molar-refractivity contribution >= 4 is 11.9 Å². The van der Waals surface area contributed by atoms with Crippen molar-refractivity contribution in [2.24, 2.45) is 5.92 Å². The van der Waals surface area contributed by atoms with Gasteiger partial charge < -0.3 is 14.8 Å². The zero-order valence-electron chi connectivity index (χ0n) is 11.6. The fraction of sp³-hybridized carbons (Fsp3) is 0.846. The second-order valence-electron chi connectivity index (χ2n) is 5.79. The molecule has 104 valence electrons. The topological polar surface area (TPSA) is 64.6 Å². The highest BCUT2D eigenvalue weighted by molar-refractivity contribution is 5.84.